The summed E-state index contributed by atoms with van der Waals surface area (Å²) in [4.78, 5) is 13.8. The Kier molecular flexibility index (Phi) is 3.43. The van der Waals surface area contributed by atoms with Gasteiger partial charge < -0.3 is 4.42 Å². The molecular formula is C20H15N3O. The molecule has 1 aromatic carbocycles. The second-order valence-corrected chi connectivity index (χ2v) is 5.47. The number of allylic oxidation sites excluding steroid dienone is 3. The van der Waals surface area contributed by atoms with Gasteiger partial charge in [0, 0.05) is 11.6 Å². The van der Waals surface area contributed by atoms with Crippen molar-refractivity contribution in [2.24, 2.45) is 0 Å². The third-order valence-corrected chi connectivity index (χ3v) is 3.85. The van der Waals surface area contributed by atoms with Crippen LogP contribution in [0.2, 0.25) is 0 Å². The Bertz CT molecular complexity index is 1080. The highest BCUT2D eigenvalue weighted by Gasteiger charge is 2.17. The van der Waals surface area contributed by atoms with E-state index in [0.717, 1.165) is 27.8 Å². The van der Waals surface area contributed by atoms with Gasteiger partial charge in [-0.1, -0.05) is 36.9 Å². The fraction of sp³-hybridized carbons (Fsp3) is 0.0500. The van der Waals surface area contributed by atoms with Gasteiger partial charge in [-0.2, -0.15) is 0 Å². The van der Waals surface area contributed by atoms with Crippen molar-refractivity contribution < 1.29 is 4.42 Å². The number of para-hydroxylation sites is 1. The molecule has 4 heteroatoms. The molecule has 3 aromatic heterocycles. The highest BCUT2D eigenvalue weighted by Crippen LogP contribution is 2.33. The maximum absolute atomic E-state index is 6.03. The molecule has 0 amide bonds. The maximum atomic E-state index is 6.03. The van der Waals surface area contributed by atoms with Gasteiger partial charge in [-0.25, -0.2) is 9.97 Å². The average Bonchev–Trinajstić information content (AvgIpc) is 3.00. The van der Waals surface area contributed by atoms with E-state index in [0.29, 0.717) is 17.1 Å². The fourth-order valence-electron chi connectivity index (χ4n) is 2.70. The maximum Gasteiger partial charge on any atom is 0.181 e. The van der Waals surface area contributed by atoms with Crippen LogP contribution >= 0.6 is 0 Å². The monoisotopic (exact) mass is 313 g/mol. The number of furan rings is 1. The highest BCUT2D eigenvalue weighted by molar-refractivity contribution is 6.06. The molecule has 0 atom stereocenters. The van der Waals surface area contributed by atoms with Crippen LogP contribution < -0.4 is 0 Å². The summed E-state index contributed by atoms with van der Waals surface area (Å²) in [6, 6.07) is 13.6. The van der Waals surface area contributed by atoms with E-state index in [2.05, 4.69) is 11.6 Å². The van der Waals surface area contributed by atoms with E-state index in [9.17, 15) is 0 Å². The van der Waals surface area contributed by atoms with Gasteiger partial charge in [0.25, 0.3) is 0 Å². The van der Waals surface area contributed by atoms with Crippen LogP contribution in [0.5, 0.6) is 0 Å². The van der Waals surface area contributed by atoms with E-state index in [1.165, 1.54) is 0 Å². The lowest BCUT2D eigenvalue weighted by Crippen LogP contribution is -1.96. The number of pyridine rings is 1. The minimum Gasteiger partial charge on any atom is -0.452 e. The van der Waals surface area contributed by atoms with Crippen molar-refractivity contribution in [3.8, 4) is 11.4 Å². The average molecular weight is 313 g/mol. The van der Waals surface area contributed by atoms with Crippen molar-refractivity contribution in [2.45, 2.75) is 6.92 Å². The molecule has 0 unspecified atom stereocenters. The Morgan fingerprint density at radius 3 is 2.71 bits per heavy atom. The molecule has 0 fully saturated rings. The van der Waals surface area contributed by atoms with Crippen LogP contribution in [0.1, 0.15) is 12.7 Å². The van der Waals surface area contributed by atoms with Gasteiger partial charge in [0.15, 0.2) is 11.4 Å². The van der Waals surface area contributed by atoms with E-state index < -0.39 is 0 Å². The quantitative estimate of drug-likeness (QED) is 0.498. The van der Waals surface area contributed by atoms with Gasteiger partial charge in [-0.05, 0) is 36.8 Å². The minimum absolute atomic E-state index is 0.648. The summed E-state index contributed by atoms with van der Waals surface area (Å²) in [7, 11) is 0. The molecule has 0 aliphatic carbocycles. The Hall–Kier alpha value is -3.27. The van der Waals surface area contributed by atoms with Crippen LogP contribution in [0.25, 0.3) is 39.0 Å². The first-order chi connectivity index (χ1) is 11.8. The predicted octanol–water partition coefficient (Wildman–Crippen LogP) is 5.03. The largest absolute Gasteiger partial charge is 0.452 e. The molecule has 116 valence electrons. The van der Waals surface area contributed by atoms with Crippen LogP contribution in [-0.4, -0.2) is 15.0 Å². The molecule has 0 aliphatic rings. The summed E-state index contributed by atoms with van der Waals surface area (Å²) in [6.45, 7) is 5.71. The first-order valence-electron chi connectivity index (χ1n) is 7.68. The molecule has 3 heterocycles. The van der Waals surface area contributed by atoms with Gasteiger partial charge in [0.05, 0.1) is 5.69 Å². The lowest BCUT2D eigenvalue weighted by molar-refractivity contribution is 0.666. The normalized spacial score (nSPS) is 12.0. The number of hydrogen-bond acceptors (Lipinski definition) is 4. The molecule has 0 spiro atoms. The summed E-state index contributed by atoms with van der Waals surface area (Å²) in [5, 5.41) is 0.972. The lowest BCUT2D eigenvalue weighted by atomic mass is 10.1. The summed E-state index contributed by atoms with van der Waals surface area (Å²) >= 11 is 0. The summed E-state index contributed by atoms with van der Waals surface area (Å²) < 4.78 is 6.03. The highest BCUT2D eigenvalue weighted by atomic mass is 16.3. The lowest BCUT2D eigenvalue weighted by Gasteiger charge is -2.05. The molecule has 0 radical (unpaired) electrons. The molecule has 0 N–H and O–H groups in total. The Labute approximate surface area is 139 Å². The molecule has 0 saturated carbocycles. The van der Waals surface area contributed by atoms with E-state index in [-0.39, 0.29) is 0 Å². The zero-order valence-electron chi connectivity index (χ0n) is 13.2. The van der Waals surface area contributed by atoms with Crippen molar-refractivity contribution in [3.63, 3.8) is 0 Å². The predicted molar refractivity (Wildman–Crippen MR) is 96.4 cm³/mol. The van der Waals surface area contributed by atoms with E-state index in [1.807, 2.05) is 55.5 Å². The smallest absolute Gasteiger partial charge is 0.181 e. The molecular weight excluding hydrogens is 298 g/mol. The zero-order valence-corrected chi connectivity index (χ0v) is 13.2. The van der Waals surface area contributed by atoms with Gasteiger partial charge in [0.1, 0.15) is 16.8 Å². The van der Waals surface area contributed by atoms with Crippen LogP contribution in [0.4, 0.5) is 0 Å². The SMILES string of the molecule is C=C/C=C(\C)c1nc(-c2ccccn2)c2oc3ccccc3c2n1. The molecule has 4 rings (SSSR count). The van der Waals surface area contributed by atoms with Crippen LogP contribution in [0, 0.1) is 0 Å². The second kappa shape index (κ2) is 5.74. The second-order valence-electron chi connectivity index (χ2n) is 5.47. The zero-order chi connectivity index (χ0) is 16.5. The van der Waals surface area contributed by atoms with Crippen LogP contribution in [0.15, 0.2) is 71.8 Å². The molecule has 0 bridgehead atoms. The first kappa shape index (κ1) is 14.3. The molecule has 0 aliphatic heterocycles. The first-order valence-corrected chi connectivity index (χ1v) is 7.68. The van der Waals surface area contributed by atoms with Gasteiger partial charge in [-0.3, -0.25) is 4.98 Å². The minimum atomic E-state index is 0.648. The Morgan fingerprint density at radius 2 is 1.92 bits per heavy atom. The summed E-state index contributed by atoms with van der Waals surface area (Å²) in [5.74, 6) is 0.648. The van der Waals surface area contributed by atoms with E-state index in [1.54, 1.807) is 12.3 Å². The van der Waals surface area contributed by atoms with Gasteiger partial charge >= 0.3 is 0 Å². The third-order valence-electron chi connectivity index (χ3n) is 3.85. The third kappa shape index (κ3) is 2.29. The fourth-order valence-corrected chi connectivity index (χ4v) is 2.70. The van der Waals surface area contributed by atoms with Crippen molar-refractivity contribution in [3.05, 3.63) is 73.2 Å². The molecule has 24 heavy (non-hydrogen) atoms. The van der Waals surface area contributed by atoms with Gasteiger partial charge in [-0.15, -0.1) is 0 Å². The Balaban J connectivity index is 2.12. The van der Waals surface area contributed by atoms with E-state index in [4.69, 9.17) is 14.4 Å². The summed E-state index contributed by atoms with van der Waals surface area (Å²) in [5.41, 5.74) is 4.65. The van der Waals surface area contributed by atoms with Crippen LogP contribution in [0.3, 0.4) is 0 Å². The number of benzene rings is 1. The number of nitrogens with zero attached hydrogens (tertiary/aromatic N) is 3. The van der Waals surface area contributed by atoms with Crippen molar-refractivity contribution >= 4 is 27.6 Å². The molecule has 4 nitrogen and oxygen atoms in total. The number of hydrogen-bond donors (Lipinski definition) is 0. The number of fused-ring (bicyclic) bond motifs is 3. The van der Waals surface area contributed by atoms with Gasteiger partial charge in [0.2, 0.25) is 0 Å². The molecule has 0 saturated heterocycles. The Morgan fingerprint density at radius 1 is 1.08 bits per heavy atom. The van der Waals surface area contributed by atoms with Crippen molar-refractivity contribution in [1.29, 1.82) is 0 Å². The van der Waals surface area contributed by atoms with E-state index >= 15 is 0 Å². The number of rotatable bonds is 3. The van der Waals surface area contributed by atoms with Crippen molar-refractivity contribution in [1.82, 2.24) is 15.0 Å². The topological polar surface area (TPSA) is 51.8 Å². The van der Waals surface area contributed by atoms with Crippen LogP contribution in [-0.2, 0) is 0 Å². The number of aromatic nitrogens is 3. The summed E-state index contributed by atoms with van der Waals surface area (Å²) in [6.07, 6.45) is 5.38. The standard InChI is InChI=1S/C20H15N3O/c1-3-8-13(2)20-22-17-14-9-4-5-11-16(14)24-19(17)18(23-20)15-10-6-7-12-21-15/h3-12H,1H2,2H3/b13-8+. The molecule has 4 aromatic rings. The van der Waals surface area contributed by atoms with Crippen molar-refractivity contribution in [2.75, 3.05) is 0 Å².